The zero-order chi connectivity index (χ0) is 12.8. The van der Waals surface area contributed by atoms with Crippen molar-refractivity contribution in [1.29, 1.82) is 0 Å². The predicted octanol–water partition coefficient (Wildman–Crippen LogP) is 2.17. The quantitative estimate of drug-likeness (QED) is 0.195. The van der Waals surface area contributed by atoms with Crippen LogP contribution in [-0.4, -0.2) is 28.6 Å². The molecule has 0 amide bonds. The van der Waals surface area contributed by atoms with Crippen molar-refractivity contribution in [3.05, 3.63) is 24.3 Å². The molecule has 1 aliphatic rings. The van der Waals surface area contributed by atoms with Gasteiger partial charge in [-0.2, -0.15) is 0 Å². The number of rotatable bonds is 4. The molecule has 94 valence electrons. The second kappa shape index (κ2) is 6.90. The highest BCUT2D eigenvalue weighted by molar-refractivity contribution is 14.1. The molecular formula is C12H15IO4. The van der Waals surface area contributed by atoms with E-state index in [0.717, 1.165) is 16.4 Å². The van der Waals surface area contributed by atoms with E-state index in [1.807, 2.05) is 0 Å². The van der Waals surface area contributed by atoms with E-state index < -0.39 is 11.9 Å². The van der Waals surface area contributed by atoms with Gasteiger partial charge in [-0.3, -0.25) is 4.79 Å². The van der Waals surface area contributed by atoms with Crippen LogP contribution in [0.5, 0.6) is 0 Å². The van der Waals surface area contributed by atoms with Gasteiger partial charge in [0.1, 0.15) is 0 Å². The number of halogens is 1. The van der Waals surface area contributed by atoms with E-state index in [2.05, 4.69) is 33.9 Å². The van der Waals surface area contributed by atoms with Gasteiger partial charge in [-0.05, 0) is 18.1 Å². The summed E-state index contributed by atoms with van der Waals surface area (Å²) in [7, 11) is 0. The molecule has 0 spiro atoms. The molecule has 0 aromatic carbocycles. The van der Waals surface area contributed by atoms with Crippen molar-refractivity contribution in [2.75, 3.05) is 4.43 Å². The number of hydrogen-bond donors (Lipinski definition) is 0. The van der Waals surface area contributed by atoms with Crippen LogP contribution in [-0.2, 0) is 19.1 Å². The number of esters is 2. The number of hydrogen-bond acceptors (Lipinski definition) is 4. The number of carbonyl (C=O) groups is 2. The lowest BCUT2D eigenvalue weighted by atomic mass is 10.1. The summed E-state index contributed by atoms with van der Waals surface area (Å²) in [5, 5.41) is 0. The maximum atomic E-state index is 11.1. The van der Waals surface area contributed by atoms with Gasteiger partial charge in [-0.15, -0.1) is 0 Å². The van der Waals surface area contributed by atoms with Gasteiger partial charge >= 0.3 is 11.9 Å². The first kappa shape index (κ1) is 14.4. The summed E-state index contributed by atoms with van der Waals surface area (Å²) >= 11 is 2.29. The van der Waals surface area contributed by atoms with Gasteiger partial charge in [0.25, 0.3) is 0 Å². The Bertz CT molecular complexity index is 348. The minimum atomic E-state index is -0.663. The van der Waals surface area contributed by atoms with Crippen molar-refractivity contribution in [3.63, 3.8) is 0 Å². The molecule has 2 atom stereocenters. The molecule has 1 saturated heterocycles. The monoisotopic (exact) mass is 350 g/mol. The molecule has 1 heterocycles. The van der Waals surface area contributed by atoms with E-state index in [-0.39, 0.29) is 12.2 Å². The maximum Gasteiger partial charge on any atom is 0.338 e. The minimum absolute atomic E-state index is 0.0744. The smallest absolute Gasteiger partial charge is 0.338 e. The number of carbonyl (C=O) groups excluding carboxylic acids is 2. The van der Waals surface area contributed by atoms with E-state index in [1.54, 1.807) is 6.08 Å². The lowest BCUT2D eigenvalue weighted by Gasteiger charge is -2.09. The average molecular weight is 350 g/mol. The van der Waals surface area contributed by atoms with Crippen molar-refractivity contribution in [3.8, 4) is 0 Å². The zero-order valence-corrected chi connectivity index (χ0v) is 11.8. The third-order valence-corrected chi connectivity index (χ3v) is 2.94. The van der Waals surface area contributed by atoms with Crippen LogP contribution in [0.15, 0.2) is 24.3 Å². The summed E-state index contributed by atoms with van der Waals surface area (Å²) in [6.45, 7) is 5.14. The topological polar surface area (TPSA) is 52.6 Å². The van der Waals surface area contributed by atoms with Gasteiger partial charge in [-0.25, -0.2) is 4.79 Å². The van der Waals surface area contributed by atoms with Gasteiger partial charge in [0.2, 0.25) is 0 Å². The van der Waals surface area contributed by atoms with Crippen molar-refractivity contribution >= 4 is 34.5 Å². The van der Waals surface area contributed by atoms with Gasteiger partial charge in [-0.1, -0.05) is 29.2 Å². The van der Waals surface area contributed by atoms with E-state index in [1.165, 1.54) is 13.0 Å². The van der Waals surface area contributed by atoms with Gasteiger partial charge in [0, 0.05) is 23.8 Å². The van der Waals surface area contributed by atoms with Crippen molar-refractivity contribution in [1.82, 2.24) is 0 Å². The first-order chi connectivity index (χ1) is 8.02. The Labute approximate surface area is 114 Å². The van der Waals surface area contributed by atoms with Crippen LogP contribution in [0.4, 0.5) is 0 Å². The molecular weight excluding hydrogens is 335 g/mol. The molecule has 2 unspecified atom stereocenters. The number of ether oxygens (including phenoxy) is 2. The molecule has 1 rings (SSSR count). The Kier molecular flexibility index (Phi) is 5.84. The Morgan fingerprint density at radius 1 is 1.65 bits per heavy atom. The Hall–Kier alpha value is -0.690. The van der Waals surface area contributed by atoms with Crippen LogP contribution in [0.1, 0.15) is 19.8 Å². The number of alkyl halides is 1. The molecule has 0 bridgehead atoms. The fourth-order valence-electron chi connectivity index (χ4n) is 1.59. The molecule has 0 N–H and O–H groups in total. The molecule has 17 heavy (non-hydrogen) atoms. The summed E-state index contributed by atoms with van der Waals surface area (Å²) in [6, 6.07) is 0. The molecule has 1 fully saturated rings. The highest BCUT2D eigenvalue weighted by Crippen LogP contribution is 2.27. The molecule has 0 saturated carbocycles. The standard InChI is InChI=1S/C12H15IO4/c1-8-7-10(17-11(8)5-6-13)3-4-12(15)16-9(2)14/h3-4,10-11H,1,5-7H2,2H3/b4-3+. The summed E-state index contributed by atoms with van der Waals surface area (Å²) in [6.07, 6.45) is 4.42. The summed E-state index contributed by atoms with van der Waals surface area (Å²) in [5.74, 6) is -1.27. The first-order valence-electron chi connectivity index (χ1n) is 5.32. The molecule has 4 nitrogen and oxygen atoms in total. The molecule has 5 heteroatoms. The zero-order valence-electron chi connectivity index (χ0n) is 9.65. The molecule has 0 aromatic rings. The summed E-state index contributed by atoms with van der Waals surface area (Å²) in [5.41, 5.74) is 1.05. The van der Waals surface area contributed by atoms with Crippen molar-refractivity contribution in [2.45, 2.75) is 32.0 Å². The highest BCUT2D eigenvalue weighted by Gasteiger charge is 2.26. The van der Waals surface area contributed by atoms with Crippen molar-refractivity contribution < 1.29 is 19.1 Å². The third-order valence-electron chi connectivity index (χ3n) is 2.32. The van der Waals surface area contributed by atoms with Crippen LogP contribution in [0, 0.1) is 0 Å². The SMILES string of the molecule is C=C1CC(/C=C/C(=O)OC(C)=O)OC1CCI. The molecule has 1 aliphatic heterocycles. The normalized spacial score (nSPS) is 24.2. The van der Waals surface area contributed by atoms with E-state index in [4.69, 9.17) is 4.74 Å². The predicted molar refractivity (Wildman–Crippen MR) is 71.8 cm³/mol. The highest BCUT2D eigenvalue weighted by atomic mass is 127. The van der Waals surface area contributed by atoms with Gasteiger partial charge in [0.05, 0.1) is 12.2 Å². The lowest BCUT2D eigenvalue weighted by molar-refractivity contribution is -0.154. The van der Waals surface area contributed by atoms with Crippen LogP contribution in [0.25, 0.3) is 0 Å². The first-order valence-corrected chi connectivity index (χ1v) is 6.85. The largest absolute Gasteiger partial charge is 0.390 e. The molecule has 0 radical (unpaired) electrons. The second-order valence-corrected chi connectivity index (χ2v) is 4.85. The average Bonchev–Trinajstić information content (AvgIpc) is 2.57. The van der Waals surface area contributed by atoms with Gasteiger partial charge < -0.3 is 9.47 Å². The minimum Gasteiger partial charge on any atom is -0.390 e. The lowest BCUT2D eigenvalue weighted by Crippen LogP contribution is -2.11. The van der Waals surface area contributed by atoms with Crippen LogP contribution >= 0.6 is 22.6 Å². The molecule has 0 aromatic heterocycles. The maximum absolute atomic E-state index is 11.1. The van der Waals surface area contributed by atoms with Crippen molar-refractivity contribution in [2.24, 2.45) is 0 Å². The van der Waals surface area contributed by atoms with E-state index in [9.17, 15) is 9.59 Å². The van der Waals surface area contributed by atoms with Gasteiger partial charge in [0.15, 0.2) is 0 Å². The van der Waals surface area contributed by atoms with Crippen LogP contribution in [0.3, 0.4) is 0 Å². The second-order valence-electron chi connectivity index (χ2n) is 3.78. The third kappa shape index (κ3) is 4.99. The Morgan fingerprint density at radius 2 is 2.35 bits per heavy atom. The summed E-state index contributed by atoms with van der Waals surface area (Å²) < 4.78 is 11.1. The Balaban J connectivity index is 2.43. The van der Waals surface area contributed by atoms with Crippen LogP contribution < -0.4 is 0 Å². The fraction of sp³-hybridized carbons (Fsp3) is 0.500. The Morgan fingerprint density at radius 3 is 2.94 bits per heavy atom. The van der Waals surface area contributed by atoms with E-state index >= 15 is 0 Å². The summed E-state index contributed by atoms with van der Waals surface area (Å²) in [4.78, 5) is 21.6. The van der Waals surface area contributed by atoms with E-state index in [0.29, 0.717) is 6.42 Å². The molecule has 0 aliphatic carbocycles. The fourth-order valence-corrected chi connectivity index (χ4v) is 2.16. The van der Waals surface area contributed by atoms with Crippen LogP contribution in [0.2, 0.25) is 0 Å².